The van der Waals surface area contributed by atoms with E-state index in [-0.39, 0.29) is 16.9 Å². The molecule has 0 heterocycles. The first-order chi connectivity index (χ1) is 9.63. The van der Waals surface area contributed by atoms with Gasteiger partial charge in [0.25, 0.3) is 0 Å². The number of aliphatic hydroxyl groups is 1. The normalized spacial score (nSPS) is 23.9. The number of hydrogen-bond acceptors (Lipinski definition) is 1. The summed E-state index contributed by atoms with van der Waals surface area (Å²) in [7, 11) is 0. The molecule has 0 aromatic heterocycles. The predicted molar refractivity (Wildman–Crippen MR) is 72.1 cm³/mol. The Kier molecular flexibility index (Phi) is 4.34. The fourth-order valence-electron chi connectivity index (χ4n) is 3.28. The van der Waals surface area contributed by atoms with Gasteiger partial charge in [-0.2, -0.15) is 13.2 Å². The van der Waals surface area contributed by atoms with Gasteiger partial charge in [-0.1, -0.05) is 32.8 Å². The highest BCUT2D eigenvalue weighted by atomic mass is 19.4. The molecule has 0 spiro atoms. The van der Waals surface area contributed by atoms with E-state index in [4.69, 9.17) is 0 Å². The van der Waals surface area contributed by atoms with Gasteiger partial charge in [0, 0.05) is 0 Å². The molecule has 0 bridgehead atoms. The van der Waals surface area contributed by atoms with Crippen molar-refractivity contribution in [1.29, 1.82) is 0 Å². The lowest BCUT2D eigenvalue weighted by Crippen LogP contribution is -2.32. The summed E-state index contributed by atoms with van der Waals surface area (Å²) in [5, 5.41) is 10.5. The summed E-state index contributed by atoms with van der Waals surface area (Å²) in [6.07, 6.45) is -1.82. The molecule has 1 fully saturated rings. The first-order valence-electron chi connectivity index (χ1n) is 7.17. The molecular formula is C16H20F4O. The maximum Gasteiger partial charge on any atom is 0.419 e. The van der Waals surface area contributed by atoms with Crippen molar-refractivity contribution >= 4 is 0 Å². The van der Waals surface area contributed by atoms with Gasteiger partial charge in [-0.25, -0.2) is 4.39 Å². The molecule has 1 nitrogen and oxygen atoms in total. The molecule has 2 unspecified atom stereocenters. The Hall–Kier alpha value is -1.10. The third kappa shape index (κ3) is 3.39. The number of alkyl halides is 3. The Labute approximate surface area is 122 Å². The second-order valence-electron chi connectivity index (χ2n) is 6.52. The molecule has 118 valence electrons. The fourth-order valence-corrected chi connectivity index (χ4v) is 3.28. The van der Waals surface area contributed by atoms with Crippen LogP contribution in [0, 0.1) is 17.2 Å². The summed E-state index contributed by atoms with van der Waals surface area (Å²) in [4.78, 5) is 0. The molecule has 0 amide bonds. The van der Waals surface area contributed by atoms with Gasteiger partial charge in [0.15, 0.2) is 0 Å². The zero-order valence-corrected chi connectivity index (χ0v) is 12.2. The van der Waals surface area contributed by atoms with Crippen LogP contribution in [-0.4, -0.2) is 5.11 Å². The van der Waals surface area contributed by atoms with Crippen LogP contribution < -0.4 is 0 Å². The third-order valence-corrected chi connectivity index (χ3v) is 4.61. The number of rotatable bonds is 2. The maximum atomic E-state index is 13.6. The van der Waals surface area contributed by atoms with Gasteiger partial charge in [0.2, 0.25) is 0 Å². The number of aliphatic hydroxyl groups excluding tert-OH is 1. The van der Waals surface area contributed by atoms with Gasteiger partial charge in [0.05, 0.1) is 11.7 Å². The summed E-state index contributed by atoms with van der Waals surface area (Å²) in [6.45, 7) is 4.08. The largest absolute Gasteiger partial charge is 0.419 e. The summed E-state index contributed by atoms with van der Waals surface area (Å²) in [5.74, 6) is -1.39. The molecule has 1 saturated carbocycles. The quantitative estimate of drug-likeness (QED) is 0.754. The highest BCUT2D eigenvalue weighted by Gasteiger charge is 2.39. The van der Waals surface area contributed by atoms with E-state index in [1.54, 1.807) is 0 Å². The van der Waals surface area contributed by atoms with Crippen LogP contribution in [0.3, 0.4) is 0 Å². The molecule has 1 aliphatic rings. The topological polar surface area (TPSA) is 20.2 Å². The van der Waals surface area contributed by atoms with Gasteiger partial charge in [-0.05, 0) is 41.9 Å². The molecule has 0 radical (unpaired) electrons. The van der Waals surface area contributed by atoms with E-state index in [0.29, 0.717) is 6.07 Å². The van der Waals surface area contributed by atoms with Gasteiger partial charge >= 0.3 is 6.18 Å². The summed E-state index contributed by atoms with van der Waals surface area (Å²) in [6, 6.07) is 2.71. The van der Waals surface area contributed by atoms with Crippen molar-refractivity contribution < 1.29 is 22.7 Å². The molecule has 1 aliphatic carbocycles. The molecule has 5 heteroatoms. The predicted octanol–water partition coefficient (Wildman–Crippen LogP) is 5.09. The Morgan fingerprint density at radius 1 is 1.24 bits per heavy atom. The van der Waals surface area contributed by atoms with Gasteiger partial charge in [0.1, 0.15) is 5.82 Å². The summed E-state index contributed by atoms with van der Waals surface area (Å²) >= 11 is 0. The van der Waals surface area contributed by atoms with Crippen LogP contribution in [-0.2, 0) is 6.18 Å². The minimum atomic E-state index is -4.71. The van der Waals surface area contributed by atoms with Gasteiger partial charge in [-0.15, -0.1) is 0 Å². The molecule has 0 aliphatic heterocycles. The molecule has 2 atom stereocenters. The van der Waals surface area contributed by atoms with E-state index in [9.17, 15) is 22.7 Å². The van der Waals surface area contributed by atoms with Crippen molar-refractivity contribution in [2.45, 2.75) is 51.8 Å². The lowest BCUT2D eigenvalue weighted by atomic mass is 9.65. The SMILES string of the molecule is CC1(C)CCCCC1C(O)c1ccc(C(F)(F)F)c(F)c1. The monoisotopic (exact) mass is 304 g/mol. The van der Waals surface area contributed by atoms with E-state index in [1.165, 1.54) is 6.07 Å². The zero-order valence-electron chi connectivity index (χ0n) is 12.2. The molecular weight excluding hydrogens is 284 g/mol. The minimum Gasteiger partial charge on any atom is -0.388 e. The van der Waals surface area contributed by atoms with Crippen molar-refractivity contribution in [3.63, 3.8) is 0 Å². The third-order valence-electron chi connectivity index (χ3n) is 4.61. The lowest BCUT2D eigenvalue weighted by molar-refractivity contribution is -0.140. The van der Waals surface area contributed by atoms with E-state index in [0.717, 1.165) is 31.7 Å². The van der Waals surface area contributed by atoms with Crippen molar-refractivity contribution in [3.8, 4) is 0 Å². The average molecular weight is 304 g/mol. The van der Waals surface area contributed by atoms with Gasteiger partial charge < -0.3 is 5.11 Å². The Balaban J connectivity index is 2.28. The van der Waals surface area contributed by atoms with E-state index in [2.05, 4.69) is 0 Å². The van der Waals surface area contributed by atoms with Crippen molar-refractivity contribution in [2.75, 3.05) is 0 Å². The Morgan fingerprint density at radius 2 is 1.90 bits per heavy atom. The van der Waals surface area contributed by atoms with Crippen LogP contribution in [0.2, 0.25) is 0 Å². The van der Waals surface area contributed by atoms with Crippen LogP contribution in [0.25, 0.3) is 0 Å². The van der Waals surface area contributed by atoms with Gasteiger partial charge in [-0.3, -0.25) is 0 Å². The highest BCUT2D eigenvalue weighted by Crippen LogP contribution is 2.47. The van der Waals surface area contributed by atoms with Crippen LogP contribution >= 0.6 is 0 Å². The zero-order chi connectivity index (χ0) is 15.8. The molecule has 1 N–H and O–H groups in total. The molecule has 0 saturated heterocycles. The van der Waals surface area contributed by atoms with E-state index < -0.39 is 23.7 Å². The second-order valence-corrected chi connectivity index (χ2v) is 6.52. The van der Waals surface area contributed by atoms with Crippen LogP contribution in [0.1, 0.15) is 56.8 Å². The number of halogens is 4. The average Bonchev–Trinajstić information content (AvgIpc) is 2.35. The molecule has 21 heavy (non-hydrogen) atoms. The minimum absolute atomic E-state index is 0.0672. The molecule has 2 rings (SSSR count). The standard InChI is InChI=1S/C16H20F4O/c1-15(2)8-4-3-5-12(15)14(21)10-6-7-11(13(17)9-10)16(18,19)20/h6-7,9,12,14,21H,3-5,8H2,1-2H3. The smallest absolute Gasteiger partial charge is 0.388 e. The van der Waals surface area contributed by atoms with Crippen molar-refractivity contribution in [1.82, 2.24) is 0 Å². The molecule has 1 aromatic rings. The molecule has 1 aromatic carbocycles. The summed E-state index contributed by atoms with van der Waals surface area (Å²) in [5.41, 5.74) is -1.17. The van der Waals surface area contributed by atoms with Crippen LogP contribution in [0.5, 0.6) is 0 Å². The first kappa shape index (κ1) is 16.3. The highest BCUT2D eigenvalue weighted by molar-refractivity contribution is 5.28. The lowest BCUT2D eigenvalue weighted by Gasteiger charge is -2.41. The number of benzene rings is 1. The van der Waals surface area contributed by atoms with Crippen LogP contribution in [0.15, 0.2) is 18.2 Å². The fraction of sp³-hybridized carbons (Fsp3) is 0.625. The Bertz CT molecular complexity index is 507. The number of hydrogen-bond donors (Lipinski definition) is 1. The summed E-state index contributed by atoms with van der Waals surface area (Å²) < 4.78 is 51.3. The second kappa shape index (κ2) is 5.59. The maximum absolute atomic E-state index is 13.6. The van der Waals surface area contributed by atoms with E-state index >= 15 is 0 Å². The van der Waals surface area contributed by atoms with Crippen LogP contribution in [0.4, 0.5) is 17.6 Å². The van der Waals surface area contributed by atoms with Crippen molar-refractivity contribution in [2.24, 2.45) is 11.3 Å². The first-order valence-corrected chi connectivity index (χ1v) is 7.17. The van der Waals surface area contributed by atoms with Crippen molar-refractivity contribution in [3.05, 3.63) is 35.1 Å². The Morgan fingerprint density at radius 3 is 2.43 bits per heavy atom. The van der Waals surface area contributed by atoms with E-state index in [1.807, 2.05) is 13.8 Å².